The van der Waals surface area contributed by atoms with E-state index in [1.807, 2.05) is 35.2 Å². The van der Waals surface area contributed by atoms with Crippen molar-refractivity contribution < 1.29 is 4.79 Å². The molecular weight excluding hydrogens is 418 g/mol. The van der Waals surface area contributed by atoms with Gasteiger partial charge in [0.2, 0.25) is 0 Å². The largest absolute Gasteiger partial charge is 0.368 e. The maximum atomic E-state index is 13.2. The Morgan fingerprint density at radius 1 is 0.909 bits per heavy atom. The fraction of sp³-hybridized carbons (Fsp3) is 0.200. The molecule has 0 atom stereocenters. The number of amides is 1. The fourth-order valence-electron chi connectivity index (χ4n) is 4.29. The highest BCUT2D eigenvalue weighted by Crippen LogP contribution is 2.17. The molecule has 2 aromatic carbocycles. The average molecular weight is 441 g/mol. The number of carbonyl (C=O) groups is 1. The molecule has 1 aliphatic heterocycles. The van der Waals surface area contributed by atoms with E-state index in [9.17, 15) is 14.4 Å². The second-order valence-corrected chi connectivity index (χ2v) is 8.05. The lowest BCUT2D eigenvalue weighted by atomic mass is 10.1. The Bertz CT molecular complexity index is 1420. The Morgan fingerprint density at radius 2 is 1.67 bits per heavy atom. The maximum absolute atomic E-state index is 13.2. The number of benzene rings is 2. The van der Waals surface area contributed by atoms with Gasteiger partial charge in [-0.05, 0) is 42.0 Å². The third kappa shape index (κ3) is 4.15. The van der Waals surface area contributed by atoms with E-state index in [0.29, 0.717) is 29.6 Å². The number of anilines is 1. The van der Waals surface area contributed by atoms with Crippen LogP contribution in [0, 0.1) is 0 Å². The molecule has 0 radical (unpaired) electrons. The van der Waals surface area contributed by atoms with Gasteiger partial charge in [-0.15, -0.1) is 0 Å². The zero-order valence-corrected chi connectivity index (χ0v) is 18.0. The second kappa shape index (κ2) is 8.74. The van der Waals surface area contributed by atoms with Crippen LogP contribution in [0.4, 0.5) is 5.69 Å². The van der Waals surface area contributed by atoms with Gasteiger partial charge in [0, 0.05) is 49.8 Å². The number of aromatic amines is 1. The molecule has 4 aromatic rings. The smallest absolute Gasteiger partial charge is 0.329 e. The number of piperazine rings is 1. The summed E-state index contributed by atoms with van der Waals surface area (Å²) in [6.07, 6.45) is 3.55. The van der Waals surface area contributed by atoms with Gasteiger partial charge >= 0.3 is 5.69 Å². The Morgan fingerprint density at radius 3 is 2.45 bits per heavy atom. The molecule has 1 N–H and O–H groups in total. The molecule has 8 heteroatoms. The number of nitrogens with one attached hydrogen (secondary N) is 1. The highest BCUT2D eigenvalue weighted by molar-refractivity contribution is 5.94. The van der Waals surface area contributed by atoms with E-state index in [-0.39, 0.29) is 12.5 Å². The van der Waals surface area contributed by atoms with Crippen LogP contribution in [0.3, 0.4) is 0 Å². The molecule has 0 unspecified atom stereocenters. The Balaban J connectivity index is 1.34. The van der Waals surface area contributed by atoms with E-state index in [4.69, 9.17) is 0 Å². The lowest BCUT2D eigenvalue weighted by molar-refractivity contribution is 0.0746. The normalized spacial score (nSPS) is 13.9. The van der Waals surface area contributed by atoms with Crippen molar-refractivity contribution >= 4 is 22.5 Å². The van der Waals surface area contributed by atoms with E-state index in [0.717, 1.165) is 24.3 Å². The van der Waals surface area contributed by atoms with Crippen molar-refractivity contribution in [3.8, 4) is 0 Å². The van der Waals surface area contributed by atoms with Crippen molar-refractivity contribution in [2.24, 2.45) is 0 Å². The van der Waals surface area contributed by atoms with Gasteiger partial charge in [0.05, 0.1) is 17.4 Å². The molecule has 0 saturated carbocycles. The minimum atomic E-state index is -0.470. The van der Waals surface area contributed by atoms with Crippen LogP contribution in [0.2, 0.25) is 0 Å². The van der Waals surface area contributed by atoms with Crippen LogP contribution in [0.5, 0.6) is 0 Å². The molecule has 1 amide bonds. The minimum Gasteiger partial charge on any atom is -0.368 e. The van der Waals surface area contributed by atoms with Crippen LogP contribution in [0.1, 0.15) is 15.9 Å². The molecule has 8 nitrogen and oxygen atoms in total. The highest BCUT2D eigenvalue weighted by atomic mass is 16.2. The SMILES string of the molecule is O=C(c1cccc(Cn2c(=O)[nH]c(=O)c3ccccc32)c1)N1CCN(c2ccncc2)CC1. The summed E-state index contributed by atoms with van der Waals surface area (Å²) in [5, 5.41) is 0.455. The van der Waals surface area contributed by atoms with Gasteiger partial charge < -0.3 is 9.80 Å². The molecule has 3 heterocycles. The number of H-pyrrole nitrogens is 1. The van der Waals surface area contributed by atoms with Crippen molar-refractivity contribution in [3.63, 3.8) is 0 Å². The first-order valence-electron chi connectivity index (χ1n) is 10.9. The van der Waals surface area contributed by atoms with E-state index in [2.05, 4.69) is 14.9 Å². The summed E-state index contributed by atoms with van der Waals surface area (Å²) in [4.78, 5) is 48.3. The van der Waals surface area contributed by atoms with Crippen molar-refractivity contribution in [3.05, 3.63) is 105 Å². The van der Waals surface area contributed by atoms with E-state index >= 15 is 0 Å². The summed E-state index contributed by atoms with van der Waals surface area (Å²) >= 11 is 0. The zero-order chi connectivity index (χ0) is 22.8. The van der Waals surface area contributed by atoms with Gasteiger partial charge in [0.1, 0.15) is 0 Å². The third-order valence-corrected chi connectivity index (χ3v) is 6.01. The first-order chi connectivity index (χ1) is 16.1. The molecule has 0 aliphatic carbocycles. The number of hydrogen-bond acceptors (Lipinski definition) is 5. The molecule has 5 rings (SSSR count). The molecule has 33 heavy (non-hydrogen) atoms. The summed E-state index contributed by atoms with van der Waals surface area (Å²) in [5.74, 6) is -0.0232. The Labute approximate surface area is 189 Å². The quantitative estimate of drug-likeness (QED) is 0.524. The summed E-state index contributed by atoms with van der Waals surface area (Å²) in [5.41, 5.74) is 2.21. The van der Waals surface area contributed by atoms with Gasteiger partial charge in [-0.25, -0.2) is 4.79 Å². The number of pyridine rings is 1. The molecule has 1 fully saturated rings. The summed E-state index contributed by atoms with van der Waals surface area (Å²) in [7, 11) is 0. The lowest BCUT2D eigenvalue weighted by Crippen LogP contribution is -2.48. The van der Waals surface area contributed by atoms with Crippen LogP contribution in [0.25, 0.3) is 10.9 Å². The summed E-state index contributed by atoms with van der Waals surface area (Å²) in [6.45, 7) is 3.04. The van der Waals surface area contributed by atoms with Crippen LogP contribution >= 0.6 is 0 Å². The lowest BCUT2D eigenvalue weighted by Gasteiger charge is -2.36. The van der Waals surface area contributed by atoms with Gasteiger partial charge in [0.15, 0.2) is 0 Å². The fourth-order valence-corrected chi connectivity index (χ4v) is 4.29. The van der Waals surface area contributed by atoms with Crippen molar-refractivity contribution in [2.45, 2.75) is 6.54 Å². The molecule has 1 aliphatic rings. The standard InChI is InChI=1S/C25H23N5O3/c31-23-21-6-1-2-7-22(21)30(25(33)27-23)17-18-4-3-5-19(16-18)24(32)29-14-12-28(13-15-29)20-8-10-26-11-9-20/h1-11,16H,12-15,17H2,(H,27,31,33). The second-order valence-electron chi connectivity index (χ2n) is 8.05. The monoisotopic (exact) mass is 441 g/mol. The third-order valence-electron chi connectivity index (χ3n) is 6.01. The number of para-hydroxylation sites is 1. The number of hydrogen-bond donors (Lipinski definition) is 1. The zero-order valence-electron chi connectivity index (χ0n) is 18.0. The van der Waals surface area contributed by atoms with Crippen molar-refractivity contribution in [2.75, 3.05) is 31.1 Å². The minimum absolute atomic E-state index is 0.0232. The highest BCUT2D eigenvalue weighted by Gasteiger charge is 2.22. The number of nitrogens with zero attached hydrogens (tertiary/aromatic N) is 4. The molecule has 1 saturated heterocycles. The average Bonchev–Trinajstić information content (AvgIpc) is 2.87. The van der Waals surface area contributed by atoms with Crippen LogP contribution in [-0.4, -0.2) is 51.5 Å². The van der Waals surface area contributed by atoms with Crippen molar-refractivity contribution in [1.29, 1.82) is 0 Å². The molecule has 0 spiro atoms. The Kier molecular flexibility index (Phi) is 5.48. The number of carbonyl (C=O) groups excluding carboxylic acids is 1. The van der Waals surface area contributed by atoms with Crippen LogP contribution < -0.4 is 16.1 Å². The molecular formula is C25H23N5O3. The van der Waals surface area contributed by atoms with Crippen LogP contribution in [-0.2, 0) is 6.54 Å². The first-order valence-corrected chi connectivity index (χ1v) is 10.9. The predicted molar refractivity (Wildman–Crippen MR) is 127 cm³/mol. The van der Waals surface area contributed by atoms with E-state index in [1.165, 1.54) is 4.57 Å². The van der Waals surface area contributed by atoms with Gasteiger partial charge in [-0.2, -0.15) is 0 Å². The number of rotatable bonds is 4. The Hall–Kier alpha value is -4.20. The van der Waals surface area contributed by atoms with Crippen molar-refractivity contribution in [1.82, 2.24) is 19.4 Å². The first kappa shape index (κ1) is 20.7. The van der Waals surface area contributed by atoms with Crippen LogP contribution in [0.15, 0.2) is 82.6 Å². The molecule has 166 valence electrons. The molecule has 0 bridgehead atoms. The summed E-state index contributed by atoms with van der Waals surface area (Å²) in [6, 6.07) is 18.3. The van der Waals surface area contributed by atoms with Gasteiger partial charge in [0.25, 0.3) is 11.5 Å². The van der Waals surface area contributed by atoms with E-state index in [1.54, 1.807) is 42.7 Å². The van der Waals surface area contributed by atoms with Gasteiger partial charge in [-0.3, -0.25) is 24.1 Å². The molecule has 2 aromatic heterocycles. The number of aromatic nitrogens is 3. The van der Waals surface area contributed by atoms with Gasteiger partial charge in [-0.1, -0.05) is 24.3 Å². The topological polar surface area (TPSA) is 91.3 Å². The number of fused-ring (bicyclic) bond motifs is 1. The summed E-state index contributed by atoms with van der Waals surface area (Å²) < 4.78 is 1.52. The maximum Gasteiger partial charge on any atom is 0.329 e. The van der Waals surface area contributed by atoms with E-state index < -0.39 is 11.2 Å². The predicted octanol–water partition coefficient (Wildman–Crippen LogP) is 2.10.